The molecule has 1 saturated carbocycles. The molecule has 0 saturated heterocycles. The third kappa shape index (κ3) is 2.73. The molecule has 0 aromatic rings. The highest BCUT2D eigenvalue weighted by Crippen LogP contribution is 2.33. The molecule has 1 rings (SSSR count). The van der Waals surface area contributed by atoms with Crippen LogP contribution in [0, 0.1) is 23.2 Å². The number of carbonyl (C=O) groups excluding carboxylic acids is 1. The summed E-state index contributed by atoms with van der Waals surface area (Å²) in [6.45, 7) is 4.12. The van der Waals surface area contributed by atoms with Crippen LogP contribution in [0.2, 0.25) is 0 Å². The zero-order chi connectivity index (χ0) is 10.6. The molecule has 3 nitrogen and oxygen atoms in total. The molecule has 1 N–H and O–H groups in total. The molecule has 3 atom stereocenters. The van der Waals surface area contributed by atoms with Gasteiger partial charge in [-0.1, -0.05) is 26.7 Å². The fourth-order valence-corrected chi connectivity index (χ4v) is 1.70. The minimum absolute atomic E-state index is 0.0738. The van der Waals surface area contributed by atoms with E-state index in [9.17, 15) is 4.79 Å². The lowest BCUT2D eigenvalue weighted by atomic mass is 10.1. The van der Waals surface area contributed by atoms with Gasteiger partial charge < -0.3 is 5.32 Å². The number of carbonyl (C=O) groups is 1. The van der Waals surface area contributed by atoms with Gasteiger partial charge in [-0.25, -0.2) is 0 Å². The minimum atomic E-state index is -0.446. The highest BCUT2D eigenvalue weighted by molar-refractivity contribution is 5.81. The molecular weight excluding hydrogens is 176 g/mol. The van der Waals surface area contributed by atoms with Crippen molar-refractivity contribution in [2.45, 2.75) is 45.6 Å². The maximum atomic E-state index is 11.5. The molecule has 0 aromatic carbocycles. The van der Waals surface area contributed by atoms with E-state index in [0.29, 0.717) is 18.4 Å². The highest BCUT2D eigenvalue weighted by Gasteiger charge is 2.37. The largest absolute Gasteiger partial charge is 0.352 e. The summed E-state index contributed by atoms with van der Waals surface area (Å²) in [7, 11) is 0. The van der Waals surface area contributed by atoms with E-state index in [1.165, 1.54) is 0 Å². The zero-order valence-electron chi connectivity index (χ0n) is 8.92. The molecule has 1 aliphatic rings. The quantitative estimate of drug-likeness (QED) is 0.726. The third-order valence-electron chi connectivity index (χ3n) is 2.82. The summed E-state index contributed by atoms with van der Waals surface area (Å²) in [5.74, 6) is 0.133. The molecule has 0 radical (unpaired) electrons. The van der Waals surface area contributed by atoms with Gasteiger partial charge in [0.2, 0.25) is 5.91 Å². The van der Waals surface area contributed by atoms with Crippen molar-refractivity contribution >= 4 is 5.91 Å². The molecular formula is C11H18N2O. The standard InChI is InChI=1S/C11H18N2O/c1-3-5-9(7-12)11(14)13-10-6-8(10)4-2/h8-10H,3-6H2,1-2H3,(H,13,14). The number of hydrogen-bond donors (Lipinski definition) is 1. The van der Waals surface area contributed by atoms with E-state index in [-0.39, 0.29) is 5.91 Å². The Morgan fingerprint density at radius 2 is 2.36 bits per heavy atom. The topological polar surface area (TPSA) is 52.9 Å². The Kier molecular flexibility index (Phi) is 3.94. The predicted octanol–water partition coefficient (Wildman–Crippen LogP) is 1.84. The van der Waals surface area contributed by atoms with Crippen molar-refractivity contribution in [3.05, 3.63) is 0 Å². The number of amides is 1. The molecule has 0 aliphatic heterocycles. The first-order valence-electron chi connectivity index (χ1n) is 5.42. The van der Waals surface area contributed by atoms with Gasteiger partial charge in [0.05, 0.1) is 6.07 Å². The highest BCUT2D eigenvalue weighted by atomic mass is 16.2. The lowest BCUT2D eigenvalue weighted by Crippen LogP contribution is -2.32. The summed E-state index contributed by atoms with van der Waals surface area (Å²) >= 11 is 0. The Bertz CT molecular complexity index is 244. The number of hydrogen-bond acceptors (Lipinski definition) is 2. The van der Waals surface area contributed by atoms with Gasteiger partial charge in [0.25, 0.3) is 0 Å². The van der Waals surface area contributed by atoms with Crippen LogP contribution >= 0.6 is 0 Å². The van der Waals surface area contributed by atoms with Crippen molar-refractivity contribution in [3.63, 3.8) is 0 Å². The normalized spacial score (nSPS) is 26.4. The van der Waals surface area contributed by atoms with Crippen molar-refractivity contribution in [2.75, 3.05) is 0 Å². The Hall–Kier alpha value is -1.04. The second kappa shape index (κ2) is 4.99. The molecule has 3 heteroatoms. The lowest BCUT2D eigenvalue weighted by molar-refractivity contribution is -0.123. The number of nitrogens with zero attached hydrogens (tertiary/aromatic N) is 1. The van der Waals surface area contributed by atoms with E-state index >= 15 is 0 Å². The monoisotopic (exact) mass is 194 g/mol. The van der Waals surface area contributed by atoms with Gasteiger partial charge in [-0.3, -0.25) is 4.79 Å². The van der Waals surface area contributed by atoms with Crippen molar-refractivity contribution in [3.8, 4) is 6.07 Å². The molecule has 3 unspecified atom stereocenters. The first kappa shape index (κ1) is 11.0. The van der Waals surface area contributed by atoms with Crippen LogP contribution in [0.4, 0.5) is 0 Å². The van der Waals surface area contributed by atoms with Crippen LogP contribution in [-0.2, 0) is 4.79 Å². The van der Waals surface area contributed by atoms with Crippen molar-refractivity contribution in [1.82, 2.24) is 5.32 Å². The molecule has 14 heavy (non-hydrogen) atoms. The van der Waals surface area contributed by atoms with E-state index in [1.54, 1.807) is 0 Å². The second-order valence-corrected chi connectivity index (χ2v) is 3.99. The molecule has 1 amide bonds. The molecule has 0 spiro atoms. The Balaban J connectivity index is 2.31. The summed E-state index contributed by atoms with van der Waals surface area (Å²) in [5, 5.41) is 11.7. The van der Waals surface area contributed by atoms with E-state index in [2.05, 4.69) is 18.3 Å². The molecule has 78 valence electrons. The van der Waals surface area contributed by atoms with Crippen molar-refractivity contribution in [2.24, 2.45) is 11.8 Å². The van der Waals surface area contributed by atoms with E-state index in [0.717, 1.165) is 19.3 Å². The van der Waals surface area contributed by atoms with E-state index in [1.807, 2.05) is 6.92 Å². The average molecular weight is 194 g/mol. The SMILES string of the molecule is CCCC(C#N)C(=O)NC1CC1CC. The maximum Gasteiger partial charge on any atom is 0.237 e. The molecule has 0 bridgehead atoms. The minimum Gasteiger partial charge on any atom is -0.352 e. The number of nitriles is 1. The Morgan fingerprint density at radius 1 is 1.64 bits per heavy atom. The summed E-state index contributed by atoms with van der Waals surface area (Å²) in [6, 6.07) is 2.40. The van der Waals surface area contributed by atoms with Crippen molar-refractivity contribution in [1.29, 1.82) is 5.26 Å². The molecule has 1 fully saturated rings. The smallest absolute Gasteiger partial charge is 0.237 e. The molecule has 0 aromatic heterocycles. The molecule has 0 heterocycles. The van der Waals surface area contributed by atoms with Gasteiger partial charge in [0.1, 0.15) is 5.92 Å². The lowest BCUT2D eigenvalue weighted by Gasteiger charge is -2.08. The van der Waals surface area contributed by atoms with Gasteiger partial charge in [0, 0.05) is 6.04 Å². The summed E-state index contributed by atoms with van der Waals surface area (Å²) in [4.78, 5) is 11.5. The summed E-state index contributed by atoms with van der Waals surface area (Å²) in [6.07, 6.45) is 3.77. The summed E-state index contributed by atoms with van der Waals surface area (Å²) < 4.78 is 0. The zero-order valence-corrected chi connectivity index (χ0v) is 8.92. The van der Waals surface area contributed by atoms with Crippen LogP contribution in [0.25, 0.3) is 0 Å². The second-order valence-electron chi connectivity index (χ2n) is 3.99. The van der Waals surface area contributed by atoms with Crippen LogP contribution in [0.1, 0.15) is 39.5 Å². The van der Waals surface area contributed by atoms with Gasteiger partial charge >= 0.3 is 0 Å². The average Bonchev–Trinajstić information content (AvgIpc) is 2.92. The first-order chi connectivity index (χ1) is 6.72. The molecule has 1 aliphatic carbocycles. The van der Waals surface area contributed by atoms with E-state index in [4.69, 9.17) is 5.26 Å². The van der Waals surface area contributed by atoms with E-state index < -0.39 is 5.92 Å². The van der Waals surface area contributed by atoms with Gasteiger partial charge in [-0.2, -0.15) is 5.26 Å². The van der Waals surface area contributed by atoms with Gasteiger partial charge in [-0.15, -0.1) is 0 Å². The van der Waals surface area contributed by atoms with Crippen LogP contribution in [0.3, 0.4) is 0 Å². The van der Waals surface area contributed by atoms with Crippen LogP contribution in [0.5, 0.6) is 0 Å². The first-order valence-corrected chi connectivity index (χ1v) is 5.42. The van der Waals surface area contributed by atoms with Crippen molar-refractivity contribution < 1.29 is 4.79 Å². The van der Waals surface area contributed by atoms with Crippen LogP contribution in [-0.4, -0.2) is 11.9 Å². The number of rotatable bonds is 5. The fraction of sp³-hybridized carbons (Fsp3) is 0.818. The maximum absolute atomic E-state index is 11.5. The Morgan fingerprint density at radius 3 is 2.79 bits per heavy atom. The summed E-state index contributed by atoms with van der Waals surface area (Å²) in [5.41, 5.74) is 0. The van der Waals surface area contributed by atoms with Gasteiger partial charge in [-0.05, 0) is 18.8 Å². The number of nitrogens with one attached hydrogen (secondary N) is 1. The predicted molar refractivity (Wildman–Crippen MR) is 54.3 cm³/mol. The third-order valence-corrected chi connectivity index (χ3v) is 2.82. The Labute approximate surface area is 85.5 Å². The van der Waals surface area contributed by atoms with Crippen LogP contribution in [0.15, 0.2) is 0 Å². The van der Waals surface area contributed by atoms with Gasteiger partial charge in [0.15, 0.2) is 0 Å². The van der Waals surface area contributed by atoms with Crippen LogP contribution < -0.4 is 5.32 Å². The fourth-order valence-electron chi connectivity index (χ4n) is 1.70.